The zero-order valence-corrected chi connectivity index (χ0v) is 14.4. The highest BCUT2D eigenvalue weighted by atomic mass is 32.1. The normalized spacial score (nSPS) is 11.3. The van der Waals surface area contributed by atoms with Crippen LogP contribution in [0.1, 0.15) is 34.1 Å². The molecule has 0 aliphatic rings. The summed E-state index contributed by atoms with van der Waals surface area (Å²) in [6.07, 6.45) is 1.08. The molecule has 1 aromatic heterocycles. The number of hydrogen-bond donors (Lipinski definition) is 2. The van der Waals surface area contributed by atoms with Crippen LogP contribution in [0.15, 0.2) is 29.6 Å². The quantitative estimate of drug-likeness (QED) is 0.846. The Morgan fingerprint density at radius 3 is 2.50 bits per heavy atom. The molecule has 0 fully saturated rings. The summed E-state index contributed by atoms with van der Waals surface area (Å²) >= 11 is 1.61. The molecule has 4 nitrogen and oxygen atoms in total. The summed E-state index contributed by atoms with van der Waals surface area (Å²) in [7, 11) is 0. The van der Waals surface area contributed by atoms with E-state index in [9.17, 15) is 4.79 Å². The van der Waals surface area contributed by atoms with Crippen molar-refractivity contribution < 1.29 is 4.79 Å². The van der Waals surface area contributed by atoms with Gasteiger partial charge in [0.1, 0.15) is 0 Å². The molecule has 0 bridgehead atoms. The SMILES string of the molecule is CCCNc1nc(-c2ccc(NC(=O)C(C)(C)C)cc2)cs1. The second-order valence-corrected chi connectivity index (χ2v) is 7.10. The van der Waals surface area contributed by atoms with Crippen LogP contribution < -0.4 is 10.6 Å². The monoisotopic (exact) mass is 317 g/mol. The van der Waals surface area contributed by atoms with Crippen molar-refractivity contribution in [3.8, 4) is 11.3 Å². The molecule has 0 aliphatic carbocycles. The lowest BCUT2D eigenvalue weighted by Crippen LogP contribution is -2.27. The Hall–Kier alpha value is -1.88. The first-order valence-electron chi connectivity index (χ1n) is 7.51. The Bertz CT molecular complexity index is 626. The van der Waals surface area contributed by atoms with Crippen molar-refractivity contribution in [2.75, 3.05) is 17.2 Å². The van der Waals surface area contributed by atoms with Gasteiger partial charge >= 0.3 is 0 Å². The Labute approximate surface area is 136 Å². The molecule has 1 amide bonds. The number of carbonyl (C=O) groups is 1. The minimum atomic E-state index is -0.395. The molecule has 5 heteroatoms. The fourth-order valence-electron chi connectivity index (χ4n) is 1.76. The average Bonchev–Trinajstić information content (AvgIpc) is 2.93. The summed E-state index contributed by atoms with van der Waals surface area (Å²) in [5.74, 6) is 0.0139. The van der Waals surface area contributed by atoms with Gasteiger partial charge < -0.3 is 10.6 Å². The lowest BCUT2D eigenvalue weighted by molar-refractivity contribution is -0.123. The first kappa shape index (κ1) is 16.5. The number of amides is 1. The number of benzene rings is 1. The molecule has 118 valence electrons. The van der Waals surface area contributed by atoms with Crippen LogP contribution in [0.3, 0.4) is 0 Å². The smallest absolute Gasteiger partial charge is 0.229 e. The van der Waals surface area contributed by atoms with Gasteiger partial charge in [-0.05, 0) is 18.6 Å². The molecule has 2 N–H and O–H groups in total. The van der Waals surface area contributed by atoms with Gasteiger partial charge in [-0.3, -0.25) is 4.79 Å². The highest BCUT2D eigenvalue weighted by Gasteiger charge is 2.21. The van der Waals surface area contributed by atoms with Gasteiger partial charge in [-0.15, -0.1) is 11.3 Å². The van der Waals surface area contributed by atoms with Crippen molar-refractivity contribution >= 4 is 28.1 Å². The van der Waals surface area contributed by atoms with Gasteiger partial charge in [-0.2, -0.15) is 0 Å². The van der Waals surface area contributed by atoms with Crippen LogP contribution in [0.25, 0.3) is 11.3 Å². The van der Waals surface area contributed by atoms with Crippen LogP contribution in [0.4, 0.5) is 10.8 Å². The molecule has 0 saturated carbocycles. The molecular weight excluding hydrogens is 294 g/mol. The van der Waals surface area contributed by atoms with Crippen molar-refractivity contribution in [3.63, 3.8) is 0 Å². The fourth-order valence-corrected chi connectivity index (χ4v) is 2.51. The summed E-state index contributed by atoms with van der Waals surface area (Å²) in [4.78, 5) is 16.5. The first-order chi connectivity index (χ1) is 10.4. The molecule has 1 aromatic carbocycles. The van der Waals surface area contributed by atoms with E-state index in [0.29, 0.717) is 0 Å². The van der Waals surface area contributed by atoms with Gasteiger partial charge in [-0.25, -0.2) is 4.98 Å². The summed E-state index contributed by atoms with van der Waals surface area (Å²) in [6.45, 7) is 8.77. The number of nitrogens with zero attached hydrogens (tertiary/aromatic N) is 1. The fraction of sp³-hybridized carbons (Fsp3) is 0.412. The van der Waals surface area contributed by atoms with Crippen molar-refractivity contribution in [1.82, 2.24) is 4.98 Å². The summed E-state index contributed by atoms with van der Waals surface area (Å²) < 4.78 is 0. The van der Waals surface area contributed by atoms with E-state index in [1.165, 1.54) is 0 Å². The zero-order valence-electron chi connectivity index (χ0n) is 13.6. The largest absolute Gasteiger partial charge is 0.362 e. The number of thiazole rings is 1. The van der Waals surface area contributed by atoms with E-state index in [4.69, 9.17) is 0 Å². The van der Waals surface area contributed by atoms with Crippen molar-refractivity contribution in [2.45, 2.75) is 34.1 Å². The summed E-state index contributed by atoms with van der Waals surface area (Å²) in [6, 6.07) is 7.79. The van der Waals surface area contributed by atoms with E-state index in [1.54, 1.807) is 11.3 Å². The van der Waals surface area contributed by atoms with Crippen LogP contribution in [-0.4, -0.2) is 17.4 Å². The number of nitrogens with one attached hydrogen (secondary N) is 2. The molecule has 2 aromatic rings. The van der Waals surface area contributed by atoms with Gasteiger partial charge in [0.05, 0.1) is 5.69 Å². The van der Waals surface area contributed by atoms with Gasteiger partial charge in [0.15, 0.2) is 5.13 Å². The highest BCUT2D eigenvalue weighted by molar-refractivity contribution is 7.14. The lowest BCUT2D eigenvalue weighted by Gasteiger charge is -2.17. The van der Waals surface area contributed by atoms with Crippen LogP contribution in [0.5, 0.6) is 0 Å². The molecule has 0 unspecified atom stereocenters. The van der Waals surface area contributed by atoms with Gasteiger partial charge in [-0.1, -0.05) is 39.8 Å². The maximum atomic E-state index is 12.0. The highest BCUT2D eigenvalue weighted by Crippen LogP contribution is 2.26. The van der Waals surface area contributed by atoms with E-state index in [1.807, 2.05) is 50.4 Å². The van der Waals surface area contributed by atoms with Crippen molar-refractivity contribution in [3.05, 3.63) is 29.6 Å². The molecule has 2 rings (SSSR count). The minimum Gasteiger partial charge on any atom is -0.362 e. The maximum absolute atomic E-state index is 12.0. The molecule has 0 aliphatic heterocycles. The third-order valence-corrected chi connectivity index (χ3v) is 3.95. The average molecular weight is 317 g/mol. The predicted molar refractivity (Wildman–Crippen MR) is 94.4 cm³/mol. The van der Waals surface area contributed by atoms with Gasteiger partial charge in [0.2, 0.25) is 5.91 Å². The molecule has 0 radical (unpaired) electrons. The summed E-state index contributed by atoms with van der Waals surface area (Å²) in [5, 5.41) is 9.20. The van der Waals surface area contributed by atoms with Crippen LogP contribution in [-0.2, 0) is 4.79 Å². The number of hydrogen-bond acceptors (Lipinski definition) is 4. The molecule has 0 saturated heterocycles. The standard InChI is InChI=1S/C17H23N3OS/c1-5-10-18-16-20-14(11-22-16)12-6-8-13(9-7-12)19-15(21)17(2,3)4/h6-9,11H,5,10H2,1-4H3,(H,18,20)(H,19,21). The molecule has 22 heavy (non-hydrogen) atoms. The maximum Gasteiger partial charge on any atom is 0.229 e. The number of rotatable bonds is 5. The van der Waals surface area contributed by atoms with Crippen molar-refractivity contribution in [1.29, 1.82) is 0 Å². The van der Waals surface area contributed by atoms with E-state index in [2.05, 4.69) is 22.5 Å². The number of anilines is 2. The molecule has 0 atom stereocenters. The molecule has 1 heterocycles. The van der Waals surface area contributed by atoms with E-state index in [-0.39, 0.29) is 5.91 Å². The molecular formula is C17H23N3OS. The number of carbonyl (C=O) groups excluding carboxylic acids is 1. The van der Waals surface area contributed by atoms with Crippen LogP contribution >= 0.6 is 11.3 Å². The number of aromatic nitrogens is 1. The Kier molecular flexibility index (Phi) is 5.19. The van der Waals surface area contributed by atoms with Crippen LogP contribution in [0, 0.1) is 5.41 Å². The lowest BCUT2D eigenvalue weighted by atomic mass is 9.95. The zero-order chi connectivity index (χ0) is 16.2. The third kappa shape index (κ3) is 4.31. The second kappa shape index (κ2) is 6.92. The van der Waals surface area contributed by atoms with E-state index >= 15 is 0 Å². The Morgan fingerprint density at radius 1 is 1.23 bits per heavy atom. The predicted octanol–water partition coefficient (Wildman–Crippen LogP) is 4.62. The van der Waals surface area contributed by atoms with Crippen LogP contribution in [0.2, 0.25) is 0 Å². The topological polar surface area (TPSA) is 54.0 Å². The molecule has 0 spiro atoms. The van der Waals surface area contributed by atoms with Gasteiger partial charge in [0, 0.05) is 28.6 Å². The summed E-state index contributed by atoms with van der Waals surface area (Å²) in [5.41, 5.74) is 2.42. The Morgan fingerprint density at radius 2 is 1.91 bits per heavy atom. The second-order valence-electron chi connectivity index (χ2n) is 6.25. The van der Waals surface area contributed by atoms with E-state index < -0.39 is 5.41 Å². The van der Waals surface area contributed by atoms with E-state index in [0.717, 1.165) is 35.0 Å². The minimum absolute atomic E-state index is 0.0139. The van der Waals surface area contributed by atoms with Gasteiger partial charge in [0.25, 0.3) is 0 Å². The third-order valence-electron chi connectivity index (χ3n) is 3.15. The Balaban J connectivity index is 2.05. The first-order valence-corrected chi connectivity index (χ1v) is 8.39. The van der Waals surface area contributed by atoms with Crippen molar-refractivity contribution in [2.24, 2.45) is 5.41 Å².